The van der Waals surface area contributed by atoms with E-state index in [0.717, 1.165) is 21.7 Å². The van der Waals surface area contributed by atoms with Gasteiger partial charge >= 0.3 is 0 Å². The monoisotopic (exact) mass is 588 g/mol. The molecule has 210 valence electrons. The molecule has 3 aromatic rings. The Morgan fingerprint density at radius 2 is 1.90 bits per heavy atom. The fourth-order valence-corrected chi connectivity index (χ4v) is 5.58. The van der Waals surface area contributed by atoms with Gasteiger partial charge in [0.2, 0.25) is 0 Å². The van der Waals surface area contributed by atoms with Gasteiger partial charge in [-0.2, -0.15) is 0 Å². The largest absolute Gasteiger partial charge is 0.394 e. The molecular formula is C24H24ClF3N4O6S. The number of hydrogen-bond acceptors (Lipinski definition) is 8. The number of sulfone groups is 1. The Balaban J connectivity index is 1.65. The van der Waals surface area contributed by atoms with E-state index in [-0.39, 0.29) is 39.0 Å². The molecule has 39 heavy (non-hydrogen) atoms. The SMILES string of the molecule is CCS(=O)(=O)c1ccc(Cl)cc1N(C)C(=O)[C@H]1C[C@@H](n2cc(-c3cc(F)c(F)c(F)c3)nn2)[C@@H](O)[C@@H](CO)O1. The number of anilines is 1. The van der Waals surface area contributed by atoms with Crippen molar-refractivity contribution in [2.75, 3.05) is 24.3 Å². The van der Waals surface area contributed by atoms with Crippen molar-refractivity contribution < 1.29 is 41.3 Å². The summed E-state index contributed by atoms with van der Waals surface area (Å²) in [5.74, 6) is -5.41. The maximum atomic E-state index is 13.7. The number of benzene rings is 2. The van der Waals surface area contributed by atoms with Crippen LogP contribution in [0.25, 0.3) is 11.3 Å². The van der Waals surface area contributed by atoms with Crippen LogP contribution in [0, 0.1) is 17.5 Å². The molecule has 1 amide bonds. The number of ether oxygens (including phenoxy) is 1. The smallest absolute Gasteiger partial charge is 0.255 e. The zero-order valence-electron chi connectivity index (χ0n) is 20.6. The maximum absolute atomic E-state index is 13.7. The van der Waals surface area contributed by atoms with Gasteiger partial charge in [-0.1, -0.05) is 23.7 Å². The predicted molar refractivity (Wildman–Crippen MR) is 133 cm³/mol. The molecule has 1 saturated heterocycles. The van der Waals surface area contributed by atoms with Gasteiger partial charge in [0.25, 0.3) is 5.91 Å². The van der Waals surface area contributed by atoms with Crippen LogP contribution in [-0.4, -0.2) is 77.3 Å². The van der Waals surface area contributed by atoms with Gasteiger partial charge in [-0.25, -0.2) is 26.3 Å². The van der Waals surface area contributed by atoms with Crippen molar-refractivity contribution in [3.05, 3.63) is 59.0 Å². The molecule has 0 bridgehead atoms. The van der Waals surface area contributed by atoms with Gasteiger partial charge in [0, 0.05) is 24.1 Å². The summed E-state index contributed by atoms with van der Waals surface area (Å²) in [6.07, 6.45) is -2.83. The Bertz CT molecular complexity index is 1480. The first-order valence-corrected chi connectivity index (χ1v) is 13.7. The number of amides is 1. The molecule has 0 spiro atoms. The van der Waals surface area contributed by atoms with Crippen molar-refractivity contribution in [2.24, 2.45) is 0 Å². The summed E-state index contributed by atoms with van der Waals surface area (Å²) >= 11 is 6.08. The minimum Gasteiger partial charge on any atom is -0.394 e. The summed E-state index contributed by atoms with van der Waals surface area (Å²) in [5.41, 5.74) is -0.138. The number of aliphatic hydroxyl groups is 2. The molecule has 2 N–H and O–H groups in total. The highest BCUT2D eigenvalue weighted by molar-refractivity contribution is 7.91. The Kier molecular flexibility index (Phi) is 8.33. The molecule has 4 rings (SSSR count). The highest BCUT2D eigenvalue weighted by Crippen LogP contribution is 2.34. The number of aliphatic hydroxyl groups excluding tert-OH is 2. The van der Waals surface area contributed by atoms with Crippen molar-refractivity contribution in [1.82, 2.24) is 15.0 Å². The number of nitrogens with zero attached hydrogens (tertiary/aromatic N) is 4. The minimum absolute atomic E-state index is 0.0181. The molecule has 0 unspecified atom stereocenters. The fourth-order valence-electron chi connectivity index (χ4n) is 4.31. The Labute approximate surface area is 226 Å². The number of hydrogen-bond donors (Lipinski definition) is 2. The fraction of sp³-hybridized carbons (Fsp3) is 0.375. The second kappa shape index (κ2) is 11.2. The summed E-state index contributed by atoms with van der Waals surface area (Å²) < 4.78 is 72.8. The molecule has 0 aliphatic carbocycles. The van der Waals surface area contributed by atoms with E-state index in [1.807, 2.05) is 0 Å². The zero-order chi connectivity index (χ0) is 28.6. The molecule has 4 atom stereocenters. The molecule has 2 aromatic carbocycles. The zero-order valence-corrected chi connectivity index (χ0v) is 22.2. The van der Waals surface area contributed by atoms with Gasteiger partial charge in [0.15, 0.2) is 27.3 Å². The van der Waals surface area contributed by atoms with Gasteiger partial charge in [-0.3, -0.25) is 4.79 Å². The van der Waals surface area contributed by atoms with Crippen LogP contribution in [0.2, 0.25) is 5.02 Å². The number of rotatable bonds is 7. The summed E-state index contributed by atoms with van der Waals surface area (Å²) in [7, 11) is -2.40. The number of carbonyl (C=O) groups is 1. The molecule has 1 aliphatic rings. The van der Waals surface area contributed by atoms with Crippen LogP contribution in [0.4, 0.5) is 18.9 Å². The van der Waals surface area contributed by atoms with Gasteiger partial charge in [-0.05, 0) is 30.3 Å². The van der Waals surface area contributed by atoms with Crippen molar-refractivity contribution in [1.29, 1.82) is 0 Å². The number of likely N-dealkylation sites (N-methyl/N-ethyl adjacent to an activating group) is 1. The van der Waals surface area contributed by atoms with Crippen LogP contribution in [0.3, 0.4) is 0 Å². The van der Waals surface area contributed by atoms with Crippen molar-refractivity contribution in [3.8, 4) is 11.3 Å². The van der Waals surface area contributed by atoms with Crippen LogP contribution in [-0.2, 0) is 19.4 Å². The van der Waals surface area contributed by atoms with Crippen molar-refractivity contribution in [2.45, 2.75) is 42.6 Å². The van der Waals surface area contributed by atoms with E-state index in [0.29, 0.717) is 0 Å². The standard InChI is InChI=1S/C24H24ClF3N4O6S/c1-3-39(36,37)21-5-4-13(25)8-17(21)31(2)24(35)19-9-18(23(34)20(11-33)38-19)32-10-16(29-30-32)12-6-14(26)22(28)15(27)7-12/h4-8,10,18-20,23,33-34H,3,9,11H2,1-2H3/t18-,19-,20-,23-/m1/s1. The summed E-state index contributed by atoms with van der Waals surface area (Å²) in [5, 5.41) is 28.5. The molecule has 1 aromatic heterocycles. The Morgan fingerprint density at radius 3 is 2.51 bits per heavy atom. The molecule has 0 saturated carbocycles. The highest BCUT2D eigenvalue weighted by atomic mass is 35.5. The van der Waals surface area contributed by atoms with E-state index in [9.17, 15) is 36.6 Å². The number of aromatic nitrogens is 3. The second-order valence-electron chi connectivity index (χ2n) is 8.89. The molecule has 15 heteroatoms. The number of halogens is 4. The third kappa shape index (κ3) is 5.65. The summed E-state index contributed by atoms with van der Waals surface area (Å²) in [6, 6.07) is 4.48. The van der Waals surface area contributed by atoms with Crippen LogP contribution in [0.15, 0.2) is 41.4 Å². The highest BCUT2D eigenvalue weighted by Gasteiger charge is 2.43. The molecule has 10 nitrogen and oxygen atoms in total. The molecule has 1 fully saturated rings. The quantitative estimate of drug-likeness (QED) is 0.402. The van der Waals surface area contributed by atoms with Crippen LogP contribution >= 0.6 is 11.6 Å². The molecular weight excluding hydrogens is 565 g/mol. The Morgan fingerprint density at radius 1 is 1.23 bits per heavy atom. The summed E-state index contributed by atoms with van der Waals surface area (Å²) in [4.78, 5) is 14.4. The molecule has 0 radical (unpaired) electrons. The van der Waals surface area contributed by atoms with E-state index >= 15 is 0 Å². The average molecular weight is 589 g/mol. The van der Waals surface area contributed by atoms with E-state index < -0.39 is 64.2 Å². The van der Waals surface area contributed by atoms with Crippen LogP contribution in [0.1, 0.15) is 19.4 Å². The third-order valence-corrected chi connectivity index (χ3v) is 8.49. The predicted octanol–water partition coefficient (Wildman–Crippen LogP) is 2.52. The van der Waals surface area contributed by atoms with E-state index in [1.54, 1.807) is 0 Å². The van der Waals surface area contributed by atoms with Gasteiger partial charge in [-0.15, -0.1) is 5.10 Å². The lowest BCUT2D eigenvalue weighted by Crippen LogP contribution is -2.52. The lowest BCUT2D eigenvalue weighted by molar-refractivity contribution is -0.169. The Hall–Kier alpha value is -3.04. The van der Waals surface area contributed by atoms with Gasteiger partial charge in [0.05, 0.1) is 35.2 Å². The molecule has 2 heterocycles. The van der Waals surface area contributed by atoms with Crippen molar-refractivity contribution in [3.63, 3.8) is 0 Å². The van der Waals surface area contributed by atoms with E-state index in [1.165, 1.54) is 38.4 Å². The summed E-state index contributed by atoms with van der Waals surface area (Å²) in [6.45, 7) is 0.784. The van der Waals surface area contributed by atoms with Crippen molar-refractivity contribution >= 4 is 33.0 Å². The maximum Gasteiger partial charge on any atom is 0.255 e. The van der Waals surface area contributed by atoms with E-state index in [2.05, 4.69) is 10.3 Å². The van der Waals surface area contributed by atoms with Crippen LogP contribution in [0.5, 0.6) is 0 Å². The number of carbonyl (C=O) groups excluding carboxylic acids is 1. The average Bonchev–Trinajstić information content (AvgIpc) is 3.40. The first-order valence-electron chi connectivity index (χ1n) is 11.7. The minimum atomic E-state index is -3.74. The second-order valence-corrected chi connectivity index (χ2v) is 11.6. The van der Waals surface area contributed by atoms with E-state index in [4.69, 9.17) is 16.3 Å². The van der Waals surface area contributed by atoms with Gasteiger partial charge < -0.3 is 19.8 Å². The molecule has 1 aliphatic heterocycles. The van der Waals surface area contributed by atoms with Gasteiger partial charge in [0.1, 0.15) is 24.0 Å². The first kappa shape index (κ1) is 29.0. The van der Waals surface area contributed by atoms with Crippen LogP contribution < -0.4 is 4.90 Å². The first-order chi connectivity index (χ1) is 18.4. The lowest BCUT2D eigenvalue weighted by Gasteiger charge is -2.39. The lowest BCUT2D eigenvalue weighted by atomic mass is 9.94. The topological polar surface area (TPSA) is 135 Å². The normalized spacial score (nSPS) is 21.6. The third-order valence-electron chi connectivity index (χ3n) is 6.48.